The highest BCUT2D eigenvalue weighted by atomic mass is 19.1. The van der Waals surface area contributed by atoms with Crippen LogP contribution in [0.4, 0.5) is 4.39 Å². The molecule has 2 rings (SSSR count). The first-order chi connectivity index (χ1) is 13.2. The first-order valence-electron chi connectivity index (χ1n) is 8.86. The van der Waals surface area contributed by atoms with Crippen LogP contribution < -0.4 is 0 Å². The maximum absolute atomic E-state index is 13.3. The second-order valence-corrected chi connectivity index (χ2v) is 6.63. The quantitative estimate of drug-likeness (QED) is 0.552. The van der Waals surface area contributed by atoms with Crippen molar-refractivity contribution in [3.63, 3.8) is 0 Å². The predicted molar refractivity (Wildman–Crippen MR) is 103 cm³/mol. The summed E-state index contributed by atoms with van der Waals surface area (Å²) < 4.78 is 13.3. The number of hydrogen-bond donors (Lipinski definition) is 4. The van der Waals surface area contributed by atoms with Crippen LogP contribution in [0.25, 0.3) is 17.2 Å². The lowest BCUT2D eigenvalue weighted by atomic mass is 9.92. The van der Waals surface area contributed by atoms with E-state index in [0.29, 0.717) is 33.6 Å². The maximum Gasteiger partial charge on any atom is 0.305 e. The van der Waals surface area contributed by atoms with Gasteiger partial charge in [0.2, 0.25) is 0 Å². The van der Waals surface area contributed by atoms with Crippen LogP contribution in [0.15, 0.2) is 30.3 Å². The van der Waals surface area contributed by atoms with Crippen molar-refractivity contribution in [2.45, 2.75) is 45.5 Å². The van der Waals surface area contributed by atoms with Gasteiger partial charge < -0.3 is 20.4 Å². The summed E-state index contributed by atoms with van der Waals surface area (Å²) in [6, 6.07) is 5.86. The van der Waals surface area contributed by atoms with E-state index in [1.807, 2.05) is 0 Å². The van der Waals surface area contributed by atoms with Crippen LogP contribution in [0.5, 0.6) is 0 Å². The molecule has 0 bridgehead atoms. The van der Waals surface area contributed by atoms with Crippen molar-refractivity contribution in [2.75, 3.05) is 0 Å². The Kier molecular flexibility index (Phi) is 7.39. The molecule has 1 aromatic carbocycles. The lowest BCUT2D eigenvalue weighted by Gasteiger charge is -2.17. The Labute approximate surface area is 162 Å². The van der Waals surface area contributed by atoms with Gasteiger partial charge in [-0.15, -0.1) is 0 Å². The summed E-state index contributed by atoms with van der Waals surface area (Å²) in [5.74, 6) is -1.52. The number of nitrogens with zero attached hydrogens (tertiary/aromatic N) is 1. The molecule has 0 aliphatic heterocycles. The van der Waals surface area contributed by atoms with Crippen molar-refractivity contribution in [1.29, 1.82) is 0 Å². The van der Waals surface area contributed by atoms with Crippen LogP contribution in [0.3, 0.4) is 0 Å². The van der Waals surface area contributed by atoms with Crippen LogP contribution in [-0.4, -0.2) is 43.6 Å². The Bertz CT molecular complexity index is 864. The highest BCUT2D eigenvalue weighted by Crippen LogP contribution is 2.32. The normalized spacial score (nSPS) is 13.6. The van der Waals surface area contributed by atoms with Gasteiger partial charge in [-0.2, -0.15) is 0 Å². The van der Waals surface area contributed by atoms with E-state index in [9.17, 15) is 24.5 Å². The van der Waals surface area contributed by atoms with Gasteiger partial charge in [0.1, 0.15) is 5.82 Å². The van der Waals surface area contributed by atoms with Crippen molar-refractivity contribution in [1.82, 2.24) is 4.98 Å². The summed E-state index contributed by atoms with van der Waals surface area (Å²) in [6.45, 7) is 3.30. The van der Waals surface area contributed by atoms with Crippen molar-refractivity contribution in [3.05, 3.63) is 58.7 Å². The zero-order chi connectivity index (χ0) is 20.8. The molecule has 7 heteroatoms. The molecule has 6 nitrogen and oxygen atoms in total. The van der Waals surface area contributed by atoms with E-state index in [2.05, 4.69) is 4.98 Å². The monoisotopic (exact) mass is 389 g/mol. The van der Waals surface area contributed by atoms with Crippen LogP contribution in [0.2, 0.25) is 0 Å². The van der Waals surface area contributed by atoms with Gasteiger partial charge in [-0.3, -0.25) is 9.78 Å². The molecule has 0 spiro atoms. The minimum absolute atomic E-state index is 0.125. The number of hydrogen-bond acceptors (Lipinski definition) is 5. The molecule has 1 heterocycles. The number of pyridine rings is 1. The molecule has 4 N–H and O–H groups in total. The average Bonchev–Trinajstić information content (AvgIpc) is 2.60. The van der Waals surface area contributed by atoms with E-state index in [1.54, 1.807) is 32.1 Å². The largest absolute Gasteiger partial charge is 0.481 e. The van der Waals surface area contributed by atoms with Crippen molar-refractivity contribution in [2.24, 2.45) is 0 Å². The molecule has 0 aliphatic carbocycles. The Morgan fingerprint density at radius 3 is 2.39 bits per heavy atom. The molecule has 0 radical (unpaired) electrons. The van der Waals surface area contributed by atoms with E-state index in [1.165, 1.54) is 18.2 Å². The predicted octanol–water partition coefficient (Wildman–Crippen LogP) is 2.60. The van der Waals surface area contributed by atoms with Gasteiger partial charge in [0.25, 0.3) is 0 Å². The SMILES string of the molecule is Cc1nc(C)c(CO)c(-c2ccc(F)cc2)c1/C=C/C(O)CC(O)CC(=O)O. The van der Waals surface area contributed by atoms with E-state index in [0.717, 1.165) is 0 Å². The molecule has 2 aromatic rings. The summed E-state index contributed by atoms with van der Waals surface area (Å²) in [4.78, 5) is 15.1. The molecule has 2 unspecified atom stereocenters. The minimum atomic E-state index is -1.17. The first kappa shape index (κ1) is 21.7. The van der Waals surface area contributed by atoms with Crippen LogP contribution in [0, 0.1) is 19.7 Å². The van der Waals surface area contributed by atoms with E-state index in [-0.39, 0.29) is 18.8 Å². The van der Waals surface area contributed by atoms with Gasteiger partial charge >= 0.3 is 5.97 Å². The minimum Gasteiger partial charge on any atom is -0.481 e. The third-order valence-corrected chi connectivity index (χ3v) is 4.43. The molecule has 0 saturated heterocycles. The van der Waals surface area contributed by atoms with Crippen LogP contribution >= 0.6 is 0 Å². The number of aryl methyl sites for hydroxylation is 2. The molecule has 0 saturated carbocycles. The van der Waals surface area contributed by atoms with Gasteiger partial charge in [0, 0.05) is 28.9 Å². The summed E-state index contributed by atoms with van der Waals surface area (Å²) in [5.41, 5.74) is 3.92. The Morgan fingerprint density at radius 2 is 1.82 bits per heavy atom. The number of carboxylic acid groups (broad SMARTS) is 1. The fourth-order valence-electron chi connectivity index (χ4n) is 3.10. The number of aromatic nitrogens is 1. The summed E-state index contributed by atoms with van der Waals surface area (Å²) >= 11 is 0. The smallest absolute Gasteiger partial charge is 0.305 e. The summed E-state index contributed by atoms with van der Waals surface area (Å²) in [5, 5.41) is 38.3. The van der Waals surface area contributed by atoms with Gasteiger partial charge in [-0.25, -0.2) is 4.39 Å². The second kappa shape index (κ2) is 9.54. The molecule has 1 aromatic heterocycles. The standard InChI is InChI=1S/C21H24FNO5/c1-12-18(8-7-16(25)9-17(26)10-20(27)28)21(19(11-24)13(2)23-12)14-3-5-15(22)6-4-14/h3-8,16-17,24-26H,9-11H2,1-2H3,(H,27,28)/b8-7+. The number of benzene rings is 1. The number of rotatable bonds is 8. The second-order valence-electron chi connectivity index (χ2n) is 6.63. The number of carbonyl (C=O) groups is 1. The fraction of sp³-hybridized carbons (Fsp3) is 0.333. The molecule has 0 amide bonds. The summed E-state index contributed by atoms with van der Waals surface area (Å²) in [7, 11) is 0. The Balaban J connectivity index is 2.43. The molecular formula is C21H24FNO5. The van der Waals surface area contributed by atoms with Gasteiger partial charge in [0.15, 0.2) is 0 Å². The number of aliphatic hydroxyl groups is 3. The first-order valence-corrected chi connectivity index (χ1v) is 8.86. The zero-order valence-electron chi connectivity index (χ0n) is 15.8. The highest BCUT2D eigenvalue weighted by Gasteiger charge is 2.17. The maximum atomic E-state index is 13.3. The number of halogens is 1. The fourth-order valence-corrected chi connectivity index (χ4v) is 3.10. The topological polar surface area (TPSA) is 111 Å². The molecule has 2 atom stereocenters. The van der Waals surface area contributed by atoms with E-state index < -0.39 is 24.6 Å². The Hall–Kier alpha value is -2.61. The number of carboxylic acids is 1. The molecular weight excluding hydrogens is 365 g/mol. The van der Waals surface area contributed by atoms with Crippen molar-refractivity contribution in [3.8, 4) is 11.1 Å². The number of aliphatic hydroxyl groups excluding tert-OH is 3. The molecule has 28 heavy (non-hydrogen) atoms. The molecule has 150 valence electrons. The highest BCUT2D eigenvalue weighted by molar-refractivity contribution is 5.79. The van der Waals surface area contributed by atoms with Gasteiger partial charge in [0.05, 0.1) is 25.2 Å². The Morgan fingerprint density at radius 1 is 1.18 bits per heavy atom. The lowest BCUT2D eigenvalue weighted by molar-refractivity contribution is -0.139. The summed E-state index contributed by atoms with van der Waals surface area (Å²) in [6.07, 6.45) is 0.259. The van der Waals surface area contributed by atoms with E-state index >= 15 is 0 Å². The molecule has 0 fully saturated rings. The van der Waals surface area contributed by atoms with Gasteiger partial charge in [-0.05, 0) is 37.1 Å². The average molecular weight is 389 g/mol. The van der Waals surface area contributed by atoms with E-state index in [4.69, 9.17) is 5.11 Å². The van der Waals surface area contributed by atoms with Crippen molar-refractivity contribution < 1.29 is 29.6 Å². The lowest BCUT2D eigenvalue weighted by Crippen LogP contribution is -2.19. The van der Waals surface area contributed by atoms with Crippen LogP contribution in [0.1, 0.15) is 35.4 Å². The zero-order valence-corrected chi connectivity index (χ0v) is 15.8. The van der Waals surface area contributed by atoms with Crippen LogP contribution in [-0.2, 0) is 11.4 Å². The van der Waals surface area contributed by atoms with Gasteiger partial charge in [-0.1, -0.05) is 24.3 Å². The molecule has 0 aliphatic rings. The van der Waals surface area contributed by atoms with Crippen molar-refractivity contribution >= 4 is 12.0 Å². The number of aliphatic carboxylic acids is 1. The third-order valence-electron chi connectivity index (χ3n) is 4.43. The third kappa shape index (κ3) is 5.45.